The van der Waals surface area contributed by atoms with E-state index in [1.165, 1.54) is 6.07 Å². The van der Waals surface area contributed by atoms with Crippen LogP contribution in [0.15, 0.2) is 48.5 Å². The van der Waals surface area contributed by atoms with E-state index in [2.05, 4.69) is 0 Å². The zero-order valence-corrected chi connectivity index (χ0v) is 14.7. The number of Topliss-reactive ketones (excluding diaryl/α,β-unsaturated/α-hetero) is 1. The van der Waals surface area contributed by atoms with E-state index in [-0.39, 0.29) is 17.5 Å². The number of hydrogen-bond donors (Lipinski definition) is 0. The monoisotopic (exact) mass is 340 g/mol. The van der Waals surface area contributed by atoms with Crippen molar-refractivity contribution in [2.24, 2.45) is 5.92 Å². The van der Waals surface area contributed by atoms with Gasteiger partial charge in [0, 0.05) is 31.1 Å². The molecule has 25 heavy (non-hydrogen) atoms. The van der Waals surface area contributed by atoms with Crippen LogP contribution < -0.4 is 0 Å². The smallest absolute Gasteiger partial charge is 0.140 e. The van der Waals surface area contributed by atoms with Crippen molar-refractivity contribution < 1.29 is 13.9 Å². The van der Waals surface area contributed by atoms with Crippen molar-refractivity contribution in [1.82, 2.24) is 0 Å². The van der Waals surface area contributed by atoms with Crippen LogP contribution in [0.5, 0.6) is 0 Å². The summed E-state index contributed by atoms with van der Waals surface area (Å²) in [6.45, 7) is 3.42. The molecule has 1 saturated heterocycles. The Balaban J connectivity index is 1.70. The quantitative estimate of drug-likeness (QED) is 0.731. The van der Waals surface area contributed by atoms with Crippen LogP contribution in [0.4, 0.5) is 4.39 Å². The highest BCUT2D eigenvalue weighted by atomic mass is 19.1. The van der Waals surface area contributed by atoms with E-state index in [1.807, 2.05) is 43.3 Å². The SMILES string of the molecule is C[C@@H](C(=O)C[C@H]1CCCOCC1)c1ccc(-c2ccccc2)c(F)c1. The Labute approximate surface area is 149 Å². The molecule has 0 spiro atoms. The van der Waals surface area contributed by atoms with Gasteiger partial charge in [-0.1, -0.05) is 49.4 Å². The molecule has 0 unspecified atom stereocenters. The van der Waals surface area contributed by atoms with E-state index in [9.17, 15) is 9.18 Å². The lowest BCUT2D eigenvalue weighted by Gasteiger charge is -2.17. The molecular formula is C22H25FO2. The van der Waals surface area contributed by atoms with Gasteiger partial charge in [0.05, 0.1) is 0 Å². The van der Waals surface area contributed by atoms with Crippen LogP contribution in [-0.4, -0.2) is 19.0 Å². The zero-order chi connectivity index (χ0) is 17.6. The van der Waals surface area contributed by atoms with Gasteiger partial charge in [0.15, 0.2) is 0 Å². The van der Waals surface area contributed by atoms with Gasteiger partial charge in [0.2, 0.25) is 0 Å². The van der Waals surface area contributed by atoms with Gasteiger partial charge in [-0.15, -0.1) is 0 Å². The highest BCUT2D eigenvalue weighted by molar-refractivity contribution is 5.85. The molecular weight excluding hydrogens is 315 g/mol. The minimum atomic E-state index is -0.275. The first kappa shape index (κ1) is 17.8. The first-order valence-corrected chi connectivity index (χ1v) is 9.10. The van der Waals surface area contributed by atoms with Crippen LogP contribution in [-0.2, 0) is 9.53 Å². The van der Waals surface area contributed by atoms with E-state index in [0.717, 1.165) is 43.6 Å². The molecule has 0 aliphatic carbocycles. The molecule has 132 valence electrons. The van der Waals surface area contributed by atoms with Crippen LogP contribution in [0, 0.1) is 11.7 Å². The van der Waals surface area contributed by atoms with E-state index in [1.54, 1.807) is 6.07 Å². The Morgan fingerprint density at radius 3 is 2.72 bits per heavy atom. The molecule has 1 heterocycles. The minimum absolute atomic E-state index is 0.193. The molecule has 0 aromatic heterocycles. The molecule has 1 aliphatic heterocycles. The summed E-state index contributed by atoms with van der Waals surface area (Å²) in [4.78, 5) is 12.6. The maximum Gasteiger partial charge on any atom is 0.140 e. The van der Waals surface area contributed by atoms with Crippen LogP contribution in [0.25, 0.3) is 11.1 Å². The summed E-state index contributed by atoms with van der Waals surface area (Å²) in [5.74, 6) is 0.0411. The van der Waals surface area contributed by atoms with Crippen LogP contribution in [0.2, 0.25) is 0 Å². The van der Waals surface area contributed by atoms with E-state index < -0.39 is 0 Å². The number of carbonyl (C=O) groups is 1. The molecule has 3 heteroatoms. The molecule has 0 N–H and O–H groups in total. The molecule has 0 saturated carbocycles. The Morgan fingerprint density at radius 2 is 1.96 bits per heavy atom. The summed E-state index contributed by atoms with van der Waals surface area (Å²) in [6, 6.07) is 14.7. The summed E-state index contributed by atoms with van der Waals surface area (Å²) in [6.07, 6.45) is 3.57. The summed E-state index contributed by atoms with van der Waals surface area (Å²) < 4.78 is 20.0. The molecule has 2 aromatic rings. The van der Waals surface area contributed by atoms with Gasteiger partial charge in [0.25, 0.3) is 0 Å². The van der Waals surface area contributed by atoms with Crippen LogP contribution >= 0.6 is 0 Å². The second-order valence-electron chi connectivity index (χ2n) is 6.91. The molecule has 0 bridgehead atoms. The first-order valence-electron chi connectivity index (χ1n) is 9.10. The van der Waals surface area contributed by atoms with Gasteiger partial charge in [-0.25, -0.2) is 4.39 Å². The Bertz CT molecular complexity index is 703. The fraction of sp³-hybridized carbons (Fsp3) is 0.409. The van der Waals surface area contributed by atoms with Crippen LogP contribution in [0.3, 0.4) is 0 Å². The predicted molar refractivity (Wildman–Crippen MR) is 98.0 cm³/mol. The van der Waals surface area contributed by atoms with Gasteiger partial charge >= 0.3 is 0 Å². The first-order chi connectivity index (χ1) is 12.1. The number of halogens is 1. The van der Waals surface area contributed by atoms with E-state index in [0.29, 0.717) is 17.9 Å². The maximum atomic E-state index is 14.5. The number of hydrogen-bond acceptors (Lipinski definition) is 2. The number of ether oxygens (including phenoxy) is 1. The lowest BCUT2D eigenvalue weighted by atomic mass is 9.87. The third-order valence-electron chi connectivity index (χ3n) is 5.12. The Morgan fingerprint density at radius 1 is 1.16 bits per heavy atom. The van der Waals surface area contributed by atoms with Gasteiger partial charge in [-0.05, 0) is 42.4 Å². The second kappa shape index (κ2) is 8.39. The summed E-state index contributed by atoms with van der Waals surface area (Å²) in [5.41, 5.74) is 2.18. The standard InChI is InChI=1S/C22H25FO2/c1-16(22(24)14-17-6-5-12-25-13-11-17)19-9-10-20(21(23)15-19)18-7-3-2-4-8-18/h2-4,7-10,15-17H,5-6,11-14H2,1H3/t16-,17+/m1/s1. The summed E-state index contributed by atoms with van der Waals surface area (Å²) in [5, 5.41) is 0. The zero-order valence-electron chi connectivity index (χ0n) is 14.7. The molecule has 0 amide bonds. The topological polar surface area (TPSA) is 26.3 Å². The van der Waals surface area contributed by atoms with Crippen molar-refractivity contribution in [3.63, 3.8) is 0 Å². The third kappa shape index (κ3) is 4.55. The van der Waals surface area contributed by atoms with Crippen LogP contribution in [0.1, 0.15) is 44.1 Å². The molecule has 2 atom stereocenters. The van der Waals surface area contributed by atoms with Crippen molar-refractivity contribution in [2.75, 3.05) is 13.2 Å². The highest BCUT2D eigenvalue weighted by Gasteiger charge is 2.22. The Kier molecular flexibility index (Phi) is 5.98. The molecule has 0 radical (unpaired) electrons. The molecule has 2 aromatic carbocycles. The van der Waals surface area contributed by atoms with E-state index in [4.69, 9.17) is 4.74 Å². The van der Waals surface area contributed by atoms with Crippen molar-refractivity contribution in [3.8, 4) is 11.1 Å². The largest absolute Gasteiger partial charge is 0.381 e. The number of ketones is 1. The molecule has 2 nitrogen and oxygen atoms in total. The number of carbonyl (C=O) groups excluding carboxylic acids is 1. The van der Waals surface area contributed by atoms with Crippen molar-refractivity contribution in [3.05, 3.63) is 59.9 Å². The predicted octanol–water partition coefficient (Wildman–Crippen LogP) is 5.37. The Hall–Kier alpha value is -2.00. The molecule has 1 fully saturated rings. The number of benzene rings is 2. The molecule has 3 rings (SSSR count). The summed E-state index contributed by atoms with van der Waals surface area (Å²) >= 11 is 0. The van der Waals surface area contributed by atoms with Gasteiger partial charge < -0.3 is 4.74 Å². The van der Waals surface area contributed by atoms with Crippen molar-refractivity contribution in [2.45, 2.75) is 38.5 Å². The summed E-state index contributed by atoms with van der Waals surface area (Å²) in [7, 11) is 0. The van der Waals surface area contributed by atoms with E-state index >= 15 is 0 Å². The molecule has 1 aliphatic rings. The fourth-order valence-corrected chi connectivity index (χ4v) is 3.47. The van der Waals surface area contributed by atoms with Gasteiger partial charge in [-0.2, -0.15) is 0 Å². The average molecular weight is 340 g/mol. The third-order valence-corrected chi connectivity index (χ3v) is 5.12. The minimum Gasteiger partial charge on any atom is -0.381 e. The van der Waals surface area contributed by atoms with Gasteiger partial charge in [-0.3, -0.25) is 4.79 Å². The average Bonchev–Trinajstić information content (AvgIpc) is 2.90. The van der Waals surface area contributed by atoms with Gasteiger partial charge in [0.1, 0.15) is 11.6 Å². The lowest BCUT2D eigenvalue weighted by Crippen LogP contribution is -2.15. The van der Waals surface area contributed by atoms with Crippen molar-refractivity contribution in [1.29, 1.82) is 0 Å². The lowest BCUT2D eigenvalue weighted by molar-refractivity contribution is -0.121. The maximum absolute atomic E-state index is 14.5. The second-order valence-corrected chi connectivity index (χ2v) is 6.91. The normalized spacial score (nSPS) is 19.2. The fourth-order valence-electron chi connectivity index (χ4n) is 3.47. The highest BCUT2D eigenvalue weighted by Crippen LogP contribution is 2.29. The van der Waals surface area contributed by atoms with Crippen molar-refractivity contribution >= 4 is 5.78 Å². The number of rotatable bonds is 5.